The minimum Gasteiger partial charge on any atom is -0.497 e. The van der Waals surface area contributed by atoms with E-state index in [0.29, 0.717) is 6.04 Å². The van der Waals surface area contributed by atoms with Crippen molar-refractivity contribution in [2.75, 3.05) is 14.2 Å². The van der Waals surface area contributed by atoms with Gasteiger partial charge in [-0.25, -0.2) is 0 Å². The highest BCUT2D eigenvalue weighted by atomic mass is 16.5. The fourth-order valence-corrected chi connectivity index (χ4v) is 2.36. The zero-order chi connectivity index (χ0) is 13.1. The average Bonchev–Trinajstić information content (AvgIpc) is 2.36. The lowest BCUT2D eigenvalue weighted by Gasteiger charge is -2.32. The van der Waals surface area contributed by atoms with Crippen LogP contribution in [0.3, 0.4) is 0 Å². The summed E-state index contributed by atoms with van der Waals surface area (Å²) >= 11 is 0. The highest BCUT2D eigenvalue weighted by Gasteiger charge is 2.16. The number of hydrogen-bond acceptors (Lipinski definition) is 2. The topological polar surface area (TPSA) is 12.5 Å². The van der Waals surface area contributed by atoms with Gasteiger partial charge < -0.3 is 9.64 Å². The molecule has 96 valence electrons. The molecule has 1 aliphatic rings. The molecule has 2 nitrogen and oxygen atoms in total. The molecule has 1 aromatic carbocycles. The lowest BCUT2D eigenvalue weighted by atomic mass is 9.99. The van der Waals surface area contributed by atoms with Gasteiger partial charge in [0.2, 0.25) is 0 Å². The predicted octanol–water partition coefficient (Wildman–Crippen LogP) is 3.40. The summed E-state index contributed by atoms with van der Waals surface area (Å²) in [6, 6.07) is 8.78. The second kappa shape index (κ2) is 5.30. The fourth-order valence-electron chi connectivity index (χ4n) is 2.36. The van der Waals surface area contributed by atoms with Crippen molar-refractivity contribution in [2.24, 2.45) is 0 Å². The van der Waals surface area contributed by atoms with E-state index < -0.39 is 0 Å². The number of ether oxygens (including phenoxy) is 1. The van der Waals surface area contributed by atoms with Gasteiger partial charge in [-0.2, -0.15) is 0 Å². The molecule has 0 fully saturated rings. The maximum absolute atomic E-state index is 5.18. The van der Waals surface area contributed by atoms with E-state index in [-0.39, 0.29) is 0 Å². The fraction of sp³-hybridized carbons (Fsp3) is 0.375. The Bertz CT molecular complexity index is 470. The molecule has 0 spiro atoms. The second-order valence-corrected chi connectivity index (χ2v) is 4.93. The van der Waals surface area contributed by atoms with Crippen LogP contribution >= 0.6 is 0 Å². The van der Waals surface area contributed by atoms with Crippen molar-refractivity contribution in [2.45, 2.75) is 26.3 Å². The molecule has 0 bridgehead atoms. The first-order valence-electron chi connectivity index (χ1n) is 6.32. The van der Waals surface area contributed by atoms with Crippen molar-refractivity contribution in [3.05, 3.63) is 53.3 Å². The van der Waals surface area contributed by atoms with E-state index in [0.717, 1.165) is 12.2 Å². The normalized spacial score (nSPS) is 19.3. The molecule has 0 radical (unpaired) electrons. The Labute approximate surface area is 110 Å². The van der Waals surface area contributed by atoms with E-state index in [4.69, 9.17) is 4.74 Å². The van der Waals surface area contributed by atoms with Gasteiger partial charge in [0, 0.05) is 12.7 Å². The Morgan fingerprint density at radius 2 is 1.83 bits per heavy atom. The largest absolute Gasteiger partial charge is 0.497 e. The number of likely N-dealkylation sites (N-methyl/N-ethyl adjacent to an activating group) is 1. The van der Waals surface area contributed by atoms with Crippen molar-refractivity contribution in [1.82, 2.24) is 4.90 Å². The molecular formula is C16H21NO. The Hall–Kier alpha value is -1.70. The van der Waals surface area contributed by atoms with Crippen LogP contribution in [0.25, 0.3) is 0 Å². The third kappa shape index (κ3) is 2.76. The molecule has 1 aliphatic heterocycles. The van der Waals surface area contributed by atoms with Crippen LogP contribution in [0, 0.1) is 0 Å². The first-order chi connectivity index (χ1) is 8.60. The highest BCUT2D eigenvalue weighted by molar-refractivity contribution is 5.31. The zero-order valence-electron chi connectivity index (χ0n) is 11.6. The van der Waals surface area contributed by atoms with E-state index in [1.54, 1.807) is 7.11 Å². The minimum atomic E-state index is 0.448. The van der Waals surface area contributed by atoms with E-state index >= 15 is 0 Å². The first kappa shape index (κ1) is 12.7. The molecule has 0 aromatic heterocycles. The Morgan fingerprint density at radius 1 is 1.17 bits per heavy atom. The summed E-state index contributed by atoms with van der Waals surface area (Å²) in [5.74, 6) is 0.915. The van der Waals surface area contributed by atoms with Gasteiger partial charge >= 0.3 is 0 Å². The van der Waals surface area contributed by atoms with Gasteiger partial charge in [-0.15, -0.1) is 0 Å². The molecule has 18 heavy (non-hydrogen) atoms. The lowest BCUT2D eigenvalue weighted by Crippen LogP contribution is -2.32. The molecule has 1 heterocycles. The molecule has 0 N–H and O–H groups in total. The van der Waals surface area contributed by atoms with Crippen LogP contribution in [-0.4, -0.2) is 25.1 Å². The zero-order valence-corrected chi connectivity index (χ0v) is 11.6. The summed E-state index contributed by atoms with van der Waals surface area (Å²) in [7, 11) is 3.85. The Morgan fingerprint density at radius 3 is 2.44 bits per heavy atom. The maximum atomic E-state index is 5.18. The molecular weight excluding hydrogens is 222 g/mol. The molecule has 0 unspecified atom stereocenters. The van der Waals surface area contributed by atoms with Gasteiger partial charge in [-0.1, -0.05) is 23.8 Å². The van der Waals surface area contributed by atoms with Crippen molar-refractivity contribution in [3.63, 3.8) is 0 Å². The summed E-state index contributed by atoms with van der Waals surface area (Å²) in [4.78, 5) is 2.33. The van der Waals surface area contributed by atoms with Crippen LogP contribution in [0.4, 0.5) is 0 Å². The Kier molecular flexibility index (Phi) is 3.75. The summed E-state index contributed by atoms with van der Waals surface area (Å²) in [5, 5.41) is 0. The summed E-state index contributed by atoms with van der Waals surface area (Å²) in [5.41, 5.74) is 4.02. The molecule has 2 heteroatoms. The average molecular weight is 243 g/mol. The number of methoxy groups -OCH3 is 1. The van der Waals surface area contributed by atoms with E-state index in [1.807, 2.05) is 12.1 Å². The standard InChI is InChI=1S/C16H21NO/c1-12-9-13(2)17(3)15(10-12)11-14-5-7-16(18-4)8-6-14/h5-10,15H,11H2,1-4H3/t15-/m0/s1. The van der Waals surface area contributed by atoms with E-state index in [1.165, 1.54) is 16.8 Å². The number of benzene rings is 1. The summed E-state index contributed by atoms with van der Waals surface area (Å²) in [6.07, 6.45) is 5.59. The number of hydrogen-bond donors (Lipinski definition) is 0. The molecule has 1 aromatic rings. The van der Waals surface area contributed by atoms with Crippen molar-refractivity contribution < 1.29 is 4.74 Å². The third-order valence-corrected chi connectivity index (χ3v) is 3.55. The van der Waals surface area contributed by atoms with Crippen LogP contribution < -0.4 is 4.74 Å². The van der Waals surface area contributed by atoms with Gasteiger partial charge in [0.1, 0.15) is 5.75 Å². The van der Waals surface area contributed by atoms with E-state index in [9.17, 15) is 0 Å². The first-order valence-corrected chi connectivity index (χ1v) is 6.32. The molecule has 0 amide bonds. The molecule has 2 rings (SSSR count). The predicted molar refractivity (Wildman–Crippen MR) is 75.8 cm³/mol. The number of allylic oxidation sites excluding steroid dienone is 3. The van der Waals surface area contributed by atoms with E-state index in [2.05, 4.69) is 50.1 Å². The summed E-state index contributed by atoms with van der Waals surface area (Å²) in [6.45, 7) is 4.33. The van der Waals surface area contributed by atoms with Crippen LogP contribution in [0.5, 0.6) is 5.75 Å². The Balaban J connectivity index is 2.11. The van der Waals surface area contributed by atoms with Gasteiger partial charge in [0.05, 0.1) is 13.2 Å². The van der Waals surface area contributed by atoms with Crippen LogP contribution in [0.2, 0.25) is 0 Å². The maximum Gasteiger partial charge on any atom is 0.118 e. The summed E-state index contributed by atoms with van der Waals surface area (Å²) < 4.78 is 5.18. The number of nitrogens with zero attached hydrogens (tertiary/aromatic N) is 1. The minimum absolute atomic E-state index is 0.448. The SMILES string of the molecule is COc1ccc(C[C@@H]2C=C(C)C=C(C)N2C)cc1. The van der Waals surface area contributed by atoms with Gasteiger partial charge in [-0.3, -0.25) is 0 Å². The molecule has 1 atom stereocenters. The molecule has 0 saturated heterocycles. The third-order valence-electron chi connectivity index (χ3n) is 3.55. The van der Waals surface area contributed by atoms with Crippen LogP contribution in [0.15, 0.2) is 47.7 Å². The van der Waals surface area contributed by atoms with Crippen molar-refractivity contribution in [1.29, 1.82) is 0 Å². The lowest BCUT2D eigenvalue weighted by molar-refractivity contribution is 0.344. The smallest absolute Gasteiger partial charge is 0.118 e. The second-order valence-electron chi connectivity index (χ2n) is 4.93. The van der Waals surface area contributed by atoms with Crippen LogP contribution in [0.1, 0.15) is 19.4 Å². The number of rotatable bonds is 3. The van der Waals surface area contributed by atoms with Gasteiger partial charge in [0.15, 0.2) is 0 Å². The van der Waals surface area contributed by atoms with Gasteiger partial charge in [-0.05, 0) is 44.0 Å². The molecule has 0 aliphatic carbocycles. The van der Waals surface area contributed by atoms with Crippen molar-refractivity contribution in [3.8, 4) is 5.75 Å². The van der Waals surface area contributed by atoms with Gasteiger partial charge in [0.25, 0.3) is 0 Å². The van der Waals surface area contributed by atoms with Crippen LogP contribution in [-0.2, 0) is 6.42 Å². The molecule has 0 saturated carbocycles. The highest BCUT2D eigenvalue weighted by Crippen LogP contribution is 2.22. The quantitative estimate of drug-likeness (QED) is 0.806. The monoisotopic (exact) mass is 243 g/mol. The van der Waals surface area contributed by atoms with Crippen molar-refractivity contribution >= 4 is 0 Å².